The maximum atomic E-state index is 4.76. The largest absolute Gasteiger partial charge is 0.0996 e. The molecular weight excluding hydrogens is 372 g/mol. The molecule has 0 heterocycles. The van der Waals surface area contributed by atoms with E-state index in [1.807, 2.05) is 0 Å². The zero-order valence-corrected chi connectivity index (χ0v) is 21.7. The molecule has 0 N–H and O–H groups in total. The van der Waals surface area contributed by atoms with Crippen LogP contribution < -0.4 is 0 Å². The molecule has 6 fully saturated rings. The molecule has 0 aromatic rings. The van der Waals surface area contributed by atoms with E-state index in [-0.39, 0.29) is 0 Å². The van der Waals surface area contributed by atoms with Crippen LogP contribution >= 0.6 is 0 Å². The van der Waals surface area contributed by atoms with Crippen LogP contribution in [0.3, 0.4) is 0 Å². The Morgan fingerprint density at radius 3 is 2.32 bits per heavy atom. The number of rotatable bonds is 1. The van der Waals surface area contributed by atoms with Gasteiger partial charge >= 0.3 is 0 Å². The van der Waals surface area contributed by atoms with Gasteiger partial charge in [0.1, 0.15) is 0 Å². The van der Waals surface area contributed by atoms with Crippen molar-refractivity contribution < 1.29 is 0 Å². The third kappa shape index (κ3) is 2.35. The normalized spacial score (nSPS) is 59.5. The minimum absolute atomic E-state index is 0.544. The van der Waals surface area contributed by atoms with Gasteiger partial charge < -0.3 is 0 Å². The second kappa shape index (κ2) is 6.24. The van der Waals surface area contributed by atoms with Gasteiger partial charge in [-0.25, -0.2) is 0 Å². The molecule has 0 saturated heterocycles. The van der Waals surface area contributed by atoms with Crippen molar-refractivity contribution in [1.29, 1.82) is 0 Å². The van der Waals surface area contributed by atoms with Crippen molar-refractivity contribution >= 4 is 0 Å². The minimum Gasteiger partial charge on any atom is -0.0996 e. The molecule has 174 valence electrons. The SMILES string of the molecule is C=C1CC2CC3C4(C)CCCC(C)(C)C4CCC3(C)C3(C)CCC4(CC)CCC1C4C23. The average molecular weight is 423 g/mol. The number of hydrogen-bond donors (Lipinski definition) is 0. The molecule has 6 saturated carbocycles. The first kappa shape index (κ1) is 21.3. The monoisotopic (exact) mass is 422 g/mol. The van der Waals surface area contributed by atoms with Crippen LogP contribution in [0.1, 0.15) is 119 Å². The lowest BCUT2D eigenvalue weighted by Gasteiger charge is -2.75. The van der Waals surface area contributed by atoms with Gasteiger partial charge in [-0.15, -0.1) is 0 Å². The molecule has 0 aliphatic heterocycles. The highest BCUT2D eigenvalue weighted by Crippen LogP contribution is 2.80. The Kier molecular flexibility index (Phi) is 4.28. The van der Waals surface area contributed by atoms with Crippen molar-refractivity contribution in [2.75, 3.05) is 0 Å². The molecule has 0 spiro atoms. The summed E-state index contributed by atoms with van der Waals surface area (Å²) < 4.78 is 0. The molecule has 6 rings (SSSR count). The first-order chi connectivity index (χ1) is 14.5. The second-order valence-electron chi connectivity index (χ2n) is 15.1. The van der Waals surface area contributed by atoms with Crippen molar-refractivity contribution in [3.63, 3.8) is 0 Å². The van der Waals surface area contributed by atoms with Crippen LogP contribution in [-0.4, -0.2) is 0 Å². The van der Waals surface area contributed by atoms with E-state index in [1.165, 1.54) is 77.0 Å². The third-order valence-electron chi connectivity index (χ3n) is 14.3. The molecule has 6 aliphatic rings. The number of allylic oxidation sites excluding steroid dienone is 1. The lowest BCUT2D eigenvalue weighted by Crippen LogP contribution is -2.68. The molecule has 0 bridgehead atoms. The van der Waals surface area contributed by atoms with Crippen molar-refractivity contribution in [2.45, 2.75) is 119 Å². The van der Waals surface area contributed by atoms with E-state index in [4.69, 9.17) is 6.58 Å². The van der Waals surface area contributed by atoms with E-state index < -0.39 is 0 Å². The van der Waals surface area contributed by atoms with Crippen LogP contribution in [-0.2, 0) is 0 Å². The molecule has 10 unspecified atom stereocenters. The first-order valence-corrected chi connectivity index (χ1v) is 14.2. The van der Waals surface area contributed by atoms with Crippen molar-refractivity contribution in [1.82, 2.24) is 0 Å². The average Bonchev–Trinajstić information content (AvgIpc) is 3.09. The van der Waals surface area contributed by atoms with Gasteiger partial charge in [0, 0.05) is 0 Å². The smallest absolute Gasteiger partial charge is 0.0169 e. The number of hydrogen-bond acceptors (Lipinski definition) is 0. The molecule has 0 aromatic carbocycles. The summed E-state index contributed by atoms with van der Waals surface area (Å²) in [6.45, 7) is 21.0. The van der Waals surface area contributed by atoms with Crippen molar-refractivity contribution in [2.24, 2.45) is 62.6 Å². The van der Waals surface area contributed by atoms with Crippen LogP contribution in [0.2, 0.25) is 0 Å². The lowest BCUT2D eigenvalue weighted by molar-refractivity contribution is -0.258. The molecule has 0 nitrogen and oxygen atoms in total. The maximum absolute atomic E-state index is 4.76. The van der Waals surface area contributed by atoms with Gasteiger partial charge in [-0.1, -0.05) is 66.5 Å². The molecule has 10 atom stereocenters. The lowest BCUT2D eigenvalue weighted by atomic mass is 9.30. The summed E-state index contributed by atoms with van der Waals surface area (Å²) in [5.41, 5.74) is 4.56. The van der Waals surface area contributed by atoms with Crippen LogP contribution in [0.15, 0.2) is 12.2 Å². The predicted molar refractivity (Wildman–Crippen MR) is 132 cm³/mol. The van der Waals surface area contributed by atoms with Crippen molar-refractivity contribution in [3.05, 3.63) is 12.2 Å². The topological polar surface area (TPSA) is 0 Å². The Morgan fingerprint density at radius 2 is 1.58 bits per heavy atom. The van der Waals surface area contributed by atoms with Gasteiger partial charge in [-0.05, 0) is 127 Å². The molecular formula is C31H50. The third-order valence-corrected chi connectivity index (χ3v) is 14.3. The van der Waals surface area contributed by atoms with Crippen LogP contribution in [0, 0.1) is 62.6 Å². The summed E-state index contributed by atoms with van der Waals surface area (Å²) in [7, 11) is 0. The van der Waals surface area contributed by atoms with Gasteiger partial charge in [-0.2, -0.15) is 0 Å². The van der Waals surface area contributed by atoms with Gasteiger partial charge in [0.25, 0.3) is 0 Å². The van der Waals surface area contributed by atoms with Crippen LogP contribution in [0.4, 0.5) is 0 Å². The first-order valence-electron chi connectivity index (χ1n) is 14.2. The van der Waals surface area contributed by atoms with Gasteiger partial charge in [0.2, 0.25) is 0 Å². The fourth-order valence-corrected chi connectivity index (χ4v) is 12.7. The summed E-state index contributed by atoms with van der Waals surface area (Å²) in [5, 5.41) is 0. The van der Waals surface area contributed by atoms with Crippen LogP contribution in [0.5, 0.6) is 0 Å². The summed E-state index contributed by atoms with van der Waals surface area (Å²) in [6.07, 6.45) is 17.8. The molecule has 0 heteroatoms. The molecule has 0 radical (unpaired) electrons. The molecule has 6 aliphatic carbocycles. The Morgan fingerprint density at radius 1 is 0.806 bits per heavy atom. The fourth-order valence-electron chi connectivity index (χ4n) is 12.7. The standard InChI is InChI=1S/C31H50/c1-8-31-15-10-22-20(2)18-21-19-24-28(5)13-9-12-27(3,4)23(28)11-14-29(24,6)30(7,16-17-31)25(21)26(22)31/h21-26H,2,8-19H2,1,3-7H3. The molecule has 0 amide bonds. The quantitative estimate of drug-likeness (QED) is 0.370. The highest BCUT2D eigenvalue weighted by molar-refractivity contribution is 5.26. The molecule has 0 aromatic heterocycles. The Balaban J connectivity index is 1.47. The minimum atomic E-state index is 0.544. The molecule has 31 heavy (non-hydrogen) atoms. The Hall–Kier alpha value is -0.260. The van der Waals surface area contributed by atoms with Gasteiger partial charge in [0.15, 0.2) is 0 Å². The van der Waals surface area contributed by atoms with Crippen molar-refractivity contribution in [3.8, 4) is 0 Å². The Bertz CT molecular complexity index is 790. The summed E-state index contributed by atoms with van der Waals surface area (Å²) >= 11 is 0. The van der Waals surface area contributed by atoms with E-state index in [2.05, 4.69) is 41.5 Å². The van der Waals surface area contributed by atoms with Gasteiger partial charge in [0.05, 0.1) is 0 Å². The second-order valence-corrected chi connectivity index (χ2v) is 15.1. The zero-order chi connectivity index (χ0) is 22.0. The van der Waals surface area contributed by atoms with E-state index >= 15 is 0 Å². The van der Waals surface area contributed by atoms with E-state index in [9.17, 15) is 0 Å². The van der Waals surface area contributed by atoms with Gasteiger partial charge in [-0.3, -0.25) is 0 Å². The summed E-state index contributed by atoms with van der Waals surface area (Å²) in [4.78, 5) is 0. The van der Waals surface area contributed by atoms with Crippen LogP contribution in [0.25, 0.3) is 0 Å². The fraction of sp³-hybridized carbons (Fsp3) is 0.935. The highest BCUT2D eigenvalue weighted by atomic mass is 14.8. The summed E-state index contributed by atoms with van der Waals surface area (Å²) in [6, 6.07) is 0. The van der Waals surface area contributed by atoms with E-state index in [0.29, 0.717) is 27.1 Å². The Labute approximate surface area is 193 Å². The maximum Gasteiger partial charge on any atom is -0.0169 e. The zero-order valence-electron chi connectivity index (χ0n) is 21.7. The highest BCUT2D eigenvalue weighted by Gasteiger charge is 2.72. The summed E-state index contributed by atoms with van der Waals surface area (Å²) in [5.74, 6) is 5.62. The predicted octanol–water partition coefficient (Wildman–Crippen LogP) is 9.05. The van der Waals surface area contributed by atoms with E-state index in [0.717, 1.165) is 35.5 Å². The number of fused-ring (bicyclic) bond motifs is 4. The van der Waals surface area contributed by atoms with E-state index in [1.54, 1.807) is 5.57 Å².